The number of thioether (sulfide) groups is 1. The Hall–Kier alpha value is -2.68. The largest absolute Gasteiger partial charge is 0.320 e. The lowest BCUT2D eigenvalue weighted by Crippen LogP contribution is -2.16. The van der Waals surface area contributed by atoms with Gasteiger partial charge in [0.1, 0.15) is 5.69 Å². The smallest absolute Gasteiger partial charge is 0.292 e. The van der Waals surface area contributed by atoms with E-state index in [0.717, 1.165) is 11.8 Å². The van der Waals surface area contributed by atoms with Crippen LogP contribution in [0.15, 0.2) is 40.3 Å². The van der Waals surface area contributed by atoms with E-state index >= 15 is 0 Å². The van der Waals surface area contributed by atoms with Gasteiger partial charge < -0.3 is 10.3 Å². The molecule has 2 rings (SSSR count). The van der Waals surface area contributed by atoms with Gasteiger partial charge >= 0.3 is 0 Å². The number of para-hydroxylation sites is 2. The highest BCUT2D eigenvalue weighted by atomic mass is 32.2. The topological polar surface area (TPSA) is 118 Å². The average Bonchev–Trinajstić information content (AvgIpc) is 2.52. The molecule has 2 aromatic rings. The van der Waals surface area contributed by atoms with Crippen molar-refractivity contribution >= 4 is 29.0 Å². The third kappa shape index (κ3) is 4.65. The van der Waals surface area contributed by atoms with E-state index < -0.39 is 10.8 Å². The molecule has 23 heavy (non-hydrogen) atoms. The van der Waals surface area contributed by atoms with Gasteiger partial charge in [0.15, 0.2) is 5.16 Å². The minimum atomic E-state index is -0.563. The molecule has 0 aliphatic heterocycles. The Morgan fingerprint density at radius 3 is 2.87 bits per heavy atom. The zero-order valence-corrected chi connectivity index (χ0v) is 13.1. The highest BCUT2D eigenvalue weighted by Crippen LogP contribution is 2.23. The molecule has 0 aliphatic rings. The number of carbonyl (C=O) groups is 1. The first-order valence-electron chi connectivity index (χ1n) is 6.76. The number of nitro groups is 1. The summed E-state index contributed by atoms with van der Waals surface area (Å²) < 4.78 is 0. The number of carbonyl (C=O) groups excluding carboxylic acids is 1. The molecule has 0 saturated heterocycles. The molecule has 0 fully saturated rings. The van der Waals surface area contributed by atoms with Crippen LogP contribution in [0.1, 0.15) is 12.6 Å². The molecular formula is C14H14N4O4S. The number of aromatic amines is 1. The van der Waals surface area contributed by atoms with Gasteiger partial charge in [0, 0.05) is 17.8 Å². The molecule has 1 heterocycles. The molecule has 120 valence electrons. The van der Waals surface area contributed by atoms with E-state index in [2.05, 4.69) is 15.3 Å². The Labute approximate surface area is 135 Å². The number of amides is 1. The van der Waals surface area contributed by atoms with Crippen molar-refractivity contribution in [2.75, 3.05) is 11.1 Å². The van der Waals surface area contributed by atoms with Crippen LogP contribution in [0.5, 0.6) is 0 Å². The fourth-order valence-electron chi connectivity index (χ4n) is 1.79. The summed E-state index contributed by atoms with van der Waals surface area (Å²) in [5.74, 6) is -0.448. The maximum absolute atomic E-state index is 11.9. The maximum atomic E-state index is 11.9. The standard InChI is InChI=1S/C14H14N4O4S/c1-2-9-7-12(19)17-14(15-9)23-8-13(20)16-10-5-3-4-6-11(10)18(21)22/h3-7H,2,8H2,1H3,(H,16,20)(H,15,17,19). The number of H-pyrrole nitrogens is 1. The summed E-state index contributed by atoms with van der Waals surface area (Å²) in [4.78, 5) is 40.4. The lowest BCUT2D eigenvalue weighted by molar-refractivity contribution is -0.383. The molecule has 0 bridgehead atoms. The number of aromatic nitrogens is 2. The average molecular weight is 334 g/mol. The third-order valence-electron chi connectivity index (χ3n) is 2.85. The number of rotatable bonds is 6. The molecule has 0 unspecified atom stereocenters. The number of nitro benzene ring substituents is 1. The summed E-state index contributed by atoms with van der Waals surface area (Å²) in [5, 5.41) is 13.7. The van der Waals surface area contributed by atoms with Crippen LogP contribution in [0.4, 0.5) is 11.4 Å². The van der Waals surface area contributed by atoms with Crippen LogP contribution in [0.2, 0.25) is 0 Å². The van der Waals surface area contributed by atoms with Crippen molar-refractivity contribution in [1.82, 2.24) is 9.97 Å². The Morgan fingerprint density at radius 1 is 1.43 bits per heavy atom. The van der Waals surface area contributed by atoms with Crippen LogP contribution < -0.4 is 10.9 Å². The lowest BCUT2D eigenvalue weighted by atomic mass is 10.2. The predicted octanol–water partition coefficient (Wildman–Crippen LogP) is 1.97. The lowest BCUT2D eigenvalue weighted by Gasteiger charge is -2.06. The second kappa shape index (κ2) is 7.54. The Morgan fingerprint density at radius 2 is 2.17 bits per heavy atom. The number of aryl methyl sites for hydroxylation is 1. The second-order valence-electron chi connectivity index (χ2n) is 4.51. The van der Waals surface area contributed by atoms with Gasteiger partial charge in [-0.15, -0.1) is 0 Å². The van der Waals surface area contributed by atoms with Crippen LogP contribution in [0.3, 0.4) is 0 Å². The Kier molecular flexibility index (Phi) is 5.47. The number of hydrogen-bond acceptors (Lipinski definition) is 6. The first kappa shape index (κ1) is 16.7. The van der Waals surface area contributed by atoms with Crippen molar-refractivity contribution in [3.05, 3.63) is 56.5 Å². The monoisotopic (exact) mass is 334 g/mol. The summed E-state index contributed by atoms with van der Waals surface area (Å²) in [6.45, 7) is 1.87. The van der Waals surface area contributed by atoms with E-state index in [-0.39, 0.29) is 22.7 Å². The summed E-state index contributed by atoms with van der Waals surface area (Å²) in [7, 11) is 0. The first-order valence-corrected chi connectivity index (χ1v) is 7.74. The summed E-state index contributed by atoms with van der Waals surface area (Å²) in [6, 6.07) is 7.29. The van der Waals surface area contributed by atoms with Gasteiger partial charge in [-0.2, -0.15) is 0 Å². The molecule has 1 aromatic carbocycles. The van der Waals surface area contributed by atoms with E-state index in [4.69, 9.17) is 0 Å². The second-order valence-corrected chi connectivity index (χ2v) is 5.47. The van der Waals surface area contributed by atoms with Gasteiger partial charge in [0.25, 0.3) is 11.2 Å². The van der Waals surface area contributed by atoms with Crippen molar-refractivity contribution in [3.63, 3.8) is 0 Å². The molecule has 0 saturated carbocycles. The van der Waals surface area contributed by atoms with E-state index in [1.54, 1.807) is 6.07 Å². The van der Waals surface area contributed by atoms with Crippen molar-refractivity contribution in [2.45, 2.75) is 18.5 Å². The van der Waals surface area contributed by atoms with Gasteiger partial charge in [-0.3, -0.25) is 19.7 Å². The van der Waals surface area contributed by atoms with Crippen LogP contribution in [0.25, 0.3) is 0 Å². The molecule has 2 N–H and O–H groups in total. The molecule has 0 aliphatic carbocycles. The fourth-order valence-corrected chi connectivity index (χ4v) is 2.49. The quantitative estimate of drug-likeness (QED) is 0.361. The molecule has 0 spiro atoms. The van der Waals surface area contributed by atoms with Crippen LogP contribution >= 0.6 is 11.8 Å². The molecule has 1 amide bonds. The van der Waals surface area contributed by atoms with Gasteiger partial charge in [0.2, 0.25) is 5.91 Å². The van der Waals surface area contributed by atoms with E-state index in [0.29, 0.717) is 17.3 Å². The van der Waals surface area contributed by atoms with Crippen LogP contribution in [0, 0.1) is 10.1 Å². The van der Waals surface area contributed by atoms with E-state index in [1.165, 1.54) is 24.3 Å². The zero-order valence-electron chi connectivity index (χ0n) is 12.2. The van der Waals surface area contributed by atoms with Gasteiger partial charge in [-0.25, -0.2) is 4.98 Å². The summed E-state index contributed by atoms with van der Waals surface area (Å²) in [5.41, 5.74) is 0.311. The van der Waals surface area contributed by atoms with Gasteiger partial charge in [0.05, 0.1) is 10.7 Å². The minimum absolute atomic E-state index is 0.0256. The first-order chi connectivity index (χ1) is 11.0. The third-order valence-corrected chi connectivity index (χ3v) is 3.72. The normalized spacial score (nSPS) is 10.3. The Balaban J connectivity index is 2.02. The number of nitrogens with zero attached hydrogens (tertiary/aromatic N) is 2. The van der Waals surface area contributed by atoms with Crippen molar-refractivity contribution in [3.8, 4) is 0 Å². The van der Waals surface area contributed by atoms with Crippen LogP contribution in [-0.2, 0) is 11.2 Å². The maximum Gasteiger partial charge on any atom is 0.292 e. The molecule has 1 aromatic heterocycles. The van der Waals surface area contributed by atoms with Crippen LogP contribution in [-0.4, -0.2) is 26.6 Å². The zero-order chi connectivity index (χ0) is 16.8. The number of nitrogens with one attached hydrogen (secondary N) is 2. The fraction of sp³-hybridized carbons (Fsp3) is 0.214. The highest BCUT2D eigenvalue weighted by Gasteiger charge is 2.15. The Bertz CT molecular complexity index is 790. The van der Waals surface area contributed by atoms with Crippen molar-refractivity contribution < 1.29 is 9.72 Å². The summed E-state index contributed by atoms with van der Waals surface area (Å²) >= 11 is 1.06. The summed E-state index contributed by atoms with van der Waals surface area (Å²) in [6.07, 6.45) is 0.611. The number of benzene rings is 1. The number of anilines is 1. The van der Waals surface area contributed by atoms with Gasteiger partial charge in [-0.05, 0) is 12.5 Å². The van der Waals surface area contributed by atoms with Crippen molar-refractivity contribution in [1.29, 1.82) is 0 Å². The minimum Gasteiger partial charge on any atom is -0.320 e. The molecule has 8 nitrogen and oxygen atoms in total. The van der Waals surface area contributed by atoms with E-state index in [1.807, 2.05) is 6.92 Å². The van der Waals surface area contributed by atoms with Crippen molar-refractivity contribution in [2.24, 2.45) is 0 Å². The molecular weight excluding hydrogens is 320 g/mol. The SMILES string of the molecule is CCc1cc(=O)[nH]c(SCC(=O)Nc2ccccc2[N+](=O)[O-])n1. The number of hydrogen-bond donors (Lipinski definition) is 2. The van der Waals surface area contributed by atoms with E-state index in [9.17, 15) is 19.7 Å². The highest BCUT2D eigenvalue weighted by molar-refractivity contribution is 7.99. The molecule has 9 heteroatoms. The molecule has 0 radical (unpaired) electrons. The predicted molar refractivity (Wildman–Crippen MR) is 86.7 cm³/mol. The van der Waals surface area contributed by atoms with Gasteiger partial charge in [-0.1, -0.05) is 30.8 Å². The molecule has 0 atom stereocenters.